The molecule has 2 aromatic rings. The average molecular weight is 362 g/mol. The molecular formula is C17H20ClN5O2. The second-order valence-corrected chi connectivity index (χ2v) is 6.09. The number of hydrogen-bond donors (Lipinski definition) is 2. The highest BCUT2D eigenvalue weighted by Gasteiger charge is 2.15. The number of nitrogens with zero attached hydrogens (tertiary/aromatic N) is 3. The van der Waals surface area contributed by atoms with Gasteiger partial charge >= 0.3 is 6.03 Å². The topological polar surface area (TPSA) is 79.4 Å². The summed E-state index contributed by atoms with van der Waals surface area (Å²) in [6.45, 7) is 5.10. The Kier molecular flexibility index (Phi) is 5.67. The van der Waals surface area contributed by atoms with Crippen LogP contribution in [0.15, 0.2) is 30.3 Å². The van der Waals surface area contributed by atoms with Crippen LogP contribution >= 0.6 is 11.6 Å². The molecule has 0 saturated carbocycles. The molecular weight excluding hydrogens is 342 g/mol. The molecule has 2 amide bonds. The molecule has 0 aliphatic carbocycles. The molecule has 7 nitrogen and oxygen atoms in total. The lowest BCUT2D eigenvalue weighted by molar-refractivity contribution is 0.122. The number of urea groups is 1. The Morgan fingerprint density at radius 1 is 1.28 bits per heavy atom. The molecule has 0 radical (unpaired) electrons. The van der Waals surface area contributed by atoms with Gasteiger partial charge in [0, 0.05) is 18.8 Å². The summed E-state index contributed by atoms with van der Waals surface area (Å²) in [5, 5.41) is 6.00. The zero-order valence-corrected chi connectivity index (χ0v) is 14.7. The third-order valence-corrected chi connectivity index (χ3v) is 4.07. The number of morpholine rings is 1. The van der Waals surface area contributed by atoms with E-state index in [0.29, 0.717) is 36.4 Å². The Hall–Kier alpha value is -2.38. The maximum absolute atomic E-state index is 12.1. The first kappa shape index (κ1) is 17.4. The predicted octanol–water partition coefficient (Wildman–Crippen LogP) is 2.60. The number of ether oxygens (including phenoxy) is 1. The van der Waals surface area contributed by atoms with Crippen molar-refractivity contribution in [3.63, 3.8) is 0 Å². The van der Waals surface area contributed by atoms with Crippen LogP contribution in [0.5, 0.6) is 0 Å². The number of anilines is 2. The monoisotopic (exact) mass is 361 g/mol. The molecule has 1 aliphatic rings. The van der Waals surface area contributed by atoms with Crippen LogP contribution in [0.25, 0.3) is 0 Å². The number of amides is 2. The van der Waals surface area contributed by atoms with Gasteiger partial charge in [-0.25, -0.2) is 14.8 Å². The van der Waals surface area contributed by atoms with Gasteiger partial charge in [0.2, 0.25) is 5.95 Å². The van der Waals surface area contributed by atoms with E-state index in [-0.39, 0.29) is 6.03 Å². The highest BCUT2D eigenvalue weighted by Crippen LogP contribution is 2.20. The molecule has 2 N–H and O–H groups in total. The average Bonchev–Trinajstić information content (AvgIpc) is 2.62. The van der Waals surface area contributed by atoms with E-state index in [9.17, 15) is 4.79 Å². The van der Waals surface area contributed by atoms with Crippen LogP contribution in [-0.4, -0.2) is 42.3 Å². The highest BCUT2D eigenvalue weighted by atomic mass is 35.5. The van der Waals surface area contributed by atoms with Gasteiger partial charge in [-0.3, -0.25) is 0 Å². The lowest BCUT2D eigenvalue weighted by Gasteiger charge is -2.27. The normalized spacial score (nSPS) is 14.2. The summed E-state index contributed by atoms with van der Waals surface area (Å²) < 4.78 is 5.35. The SMILES string of the molecule is Cc1cc(CNC(=O)Nc2ccccc2Cl)nc(N2CCOCC2)n1. The van der Waals surface area contributed by atoms with Gasteiger partial charge in [0.05, 0.1) is 36.2 Å². The van der Waals surface area contributed by atoms with E-state index in [1.54, 1.807) is 12.1 Å². The van der Waals surface area contributed by atoms with Crippen LogP contribution in [0.3, 0.4) is 0 Å². The minimum atomic E-state index is -0.336. The number of carbonyl (C=O) groups excluding carboxylic acids is 1. The van der Waals surface area contributed by atoms with E-state index >= 15 is 0 Å². The van der Waals surface area contributed by atoms with Crippen LogP contribution in [-0.2, 0) is 11.3 Å². The number of para-hydroxylation sites is 1. The third-order valence-electron chi connectivity index (χ3n) is 3.74. The smallest absolute Gasteiger partial charge is 0.319 e. The number of nitrogens with one attached hydrogen (secondary N) is 2. The molecule has 0 bridgehead atoms. The Morgan fingerprint density at radius 2 is 2.04 bits per heavy atom. The fourth-order valence-corrected chi connectivity index (χ4v) is 2.70. The second-order valence-electron chi connectivity index (χ2n) is 5.69. The number of rotatable bonds is 4. The van der Waals surface area contributed by atoms with Crippen molar-refractivity contribution < 1.29 is 9.53 Å². The first-order valence-electron chi connectivity index (χ1n) is 8.08. The first-order valence-corrected chi connectivity index (χ1v) is 8.46. The minimum Gasteiger partial charge on any atom is -0.378 e. The van der Waals surface area contributed by atoms with E-state index in [1.807, 2.05) is 25.1 Å². The molecule has 0 spiro atoms. The zero-order valence-electron chi connectivity index (χ0n) is 14.0. The van der Waals surface area contributed by atoms with Crippen molar-refractivity contribution in [1.82, 2.24) is 15.3 Å². The number of carbonyl (C=O) groups is 1. The van der Waals surface area contributed by atoms with Crippen molar-refractivity contribution in [1.29, 1.82) is 0 Å². The lowest BCUT2D eigenvalue weighted by Crippen LogP contribution is -2.37. The van der Waals surface area contributed by atoms with Gasteiger partial charge in [-0.05, 0) is 25.1 Å². The molecule has 0 atom stereocenters. The van der Waals surface area contributed by atoms with Crippen molar-refractivity contribution in [3.8, 4) is 0 Å². The molecule has 132 valence electrons. The number of aryl methyl sites for hydroxylation is 1. The fraction of sp³-hybridized carbons (Fsp3) is 0.353. The van der Waals surface area contributed by atoms with Gasteiger partial charge in [-0.2, -0.15) is 0 Å². The van der Waals surface area contributed by atoms with Crippen LogP contribution in [0.1, 0.15) is 11.4 Å². The molecule has 1 fully saturated rings. The summed E-state index contributed by atoms with van der Waals surface area (Å²) >= 11 is 6.03. The zero-order chi connectivity index (χ0) is 17.6. The molecule has 1 aliphatic heterocycles. The highest BCUT2D eigenvalue weighted by molar-refractivity contribution is 6.33. The first-order chi connectivity index (χ1) is 12.1. The summed E-state index contributed by atoms with van der Waals surface area (Å²) in [4.78, 5) is 23.2. The van der Waals surface area contributed by atoms with E-state index in [4.69, 9.17) is 16.3 Å². The van der Waals surface area contributed by atoms with Crippen LogP contribution in [0, 0.1) is 6.92 Å². The maximum Gasteiger partial charge on any atom is 0.319 e. The second kappa shape index (κ2) is 8.13. The molecule has 1 aromatic heterocycles. The number of aromatic nitrogens is 2. The van der Waals surface area contributed by atoms with Gasteiger partial charge in [-0.15, -0.1) is 0 Å². The quantitative estimate of drug-likeness (QED) is 0.875. The molecule has 2 heterocycles. The van der Waals surface area contributed by atoms with Crippen LogP contribution < -0.4 is 15.5 Å². The Balaban J connectivity index is 1.61. The Bertz CT molecular complexity index is 750. The predicted molar refractivity (Wildman–Crippen MR) is 97.1 cm³/mol. The minimum absolute atomic E-state index is 0.303. The van der Waals surface area contributed by atoms with Crippen LogP contribution in [0.2, 0.25) is 5.02 Å². The van der Waals surface area contributed by atoms with E-state index in [0.717, 1.165) is 24.5 Å². The van der Waals surface area contributed by atoms with Crippen molar-refractivity contribution in [3.05, 3.63) is 46.7 Å². The Labute approximate surface area is 151 Å². The summed E-state index contributed by atoms with van der Waals surface area (Å²) in [5.41, 5.74) is 2.18. The number of benzene rings is 1. The van der Waals surface area contributed by atoms with Crippen molar-refractivity contribution in [2.24, 2.45) is 0 Å². The van der Waals surface area contributed by atoms with E-state index < -0.39 is 0 Å². The maximum atomic E-state index is 12.1. The third kappa shape index (κ3) is 4.80. The lowest BCUT2D eigenvalue weighted by atomic mass is 10.3. The summed E-state index contributed by atoms with van der Waals surface area (Å²) in [6.07, 6.45) is 0. The fourth-order valence-electron chi connectivity index (χ4n) is 2.51. The molecule has 1 saturated heterocycles. The summed E-state index contributed by atoms with van der Waals surface area (Å²) in [7, 11) is 0. The van der Waals surface area contributed by atoms with Crippen molar-refractivity contribution >= 4 is 29.3 Å². The number of hydrogen-bond acceptors (Lipinski definition) is 5. The van der Waals surface area contributed by atoms with E-state index in [2.05, 4.69) is 25.5 Å². The molecule has 1 aromatic carbocycles. The largest absolute Gasteiger partial charge is 0.378 e. The Morgan fingerprint density at radius 3 is 2.80 bits per heavy atom. The van der Waals surface area contributed by atoms with Gasteiger partial charge in [0.25, 0.3) is 0 Å². The molecule has 25 heavy (non-hydrogen) atoms. The molecule has 0 unspecified atom stereocenters. The van der Waals surface area contributed by atoms with Crippen molar-refractivity contribution in [2.75, 3.05) is 36.5 Å². The van der Waals surface area contributed by atoms with Crippen LogP contribution in [0.4, 0.5) is 16.4 Å². The standard InChI is InChI=1S/C17H20ClN5O2/c1-12-10-13(21-16(20-12)23-6-8-25-9-7-23)11-19-17(24)22-15-5-3-2-4-14(15)18/h2-5,10H,6-9,11H2,1H3,(H2,19,22,24). The van der Waals surface area contributed by atoms with Gasteiger partial charge in [0.1, 0.15) is 0 Å². The van der Waals surface area contributed by atoms with Crippen molar-refractivity contribution in [2.45, 2.75) is 13.5 Å². The van der Waals surface area contributed by atoms with Gasteiger partial charge in [0.15, 0.2) is 0 Å². The molecule has 8 heteroatoms. The van der Waals surface area contributed by atoms with E-state index in [1.165, 1.54) is 0 Å². The van der Waals surface area contributed by atoms with Gasteiger partial charge in [-0.1, -0.05) is 23.7 Å². The summed E-state index contributed by atoms with van der Waals surface area (Å²) in [6, 6.07) is 8.61. The number of halogens is 1. The molecule has 3 rings (SSSR count). The summed E-state index contributed by atoms with van der Waals surface area (Å²) in [5.74, 6) is 0.673. The van der Waals surface area contributed by atoms with Gasteiger partial charge < -0.3 is 20.3 Å².